The van der Waals surface area contributed by atoms with Crippen LogP contribution in [0, 0.1) is 22.7 Å². The summed E-state index contributed by atoms with van der Waals surface area (Å²) in [4.78, 5) is 0. The maximum atomic E-state index is 8.87. The Morgan fingerprint density at radius 1 is 1.37 bits per heavy atom. The first-order valence-corrected chi connectivity index (χ1v) is 7.55. The summed E-state index contributed by atoms with van der Waals surface area (Å²) in [5, 5.41) is 8.87. The first kappa shape index (κ1) is 14.4. The summed E-state index contributed by atoms with van der Waals surface area (Å²) in [6.07, 6.45) is 3.73. The number of hydrogen-bond acceptors (Lipinski definition) is 2. The van der Waals surface area contributed by atoms with Crippen LogP contribution in [-0.4, -0.2) is 6.10 Å². The summed E-state index contributed by atoms with van der Waals surface area (Å²) < 4.78 is 7.00. The zero-order valence-corrected chi connectivity index (χ0v) is 13.3. The van der Waals surface area contributed by atoms with Crippen LogP contribution in [0.3, 0.4) is 0 Å². The van der Waals surface area contributed by atoms with Gasteiger partial charge in [0, 0.05) is 0 Å². The molecule has 0 N–H and O–H groups in total. The molecule has 0 aliphatic heterocycles. The molecule has 2 unspecified atom stereocenters. The average Bonchev–Trinajstić information content (AvgIpc) is 2.29. The second-order valence-corrected chi connectivity index (χ2v) is 7.26. The lowest BCUT2D eigenvalue weighted by molar-refractivity contribution is 0.0557. The van der Waals surface area contributed by atoms with Crippen LogP contribution < -0.4 is 4.74 Å². The molecule has 2 nitrogen and oxygen atoms in total. The normalized spacial score (nSPS) is 25.6. The molecule has 1 aliphatic rings. The summed E-state index contributed by atoms with van der Waals surface area (Å²) in [7, 11) is 0. The highest BCUT2D eigenvalue weighted by atomic mass is 79.9. The lowest BCUT2D eigenvalue weighted by Gasteiger charge is -2.39. The lowest BCUT2D eigenvalue weighted by Crippen LogP contribution is -2.34. The second-order valence-electron chi connectivity index (χ2n) is 6.41. The van der Waals surface area contributed by atoms with Crippen molar-refractivity contribution in [2.24, 2.45) is 11.3 Å². The van der Waals surface area contributed by atoms with E-state index >= 15 is 0 Å². The van der Waals surface area contributed by atoms with Crippen molar-refractivity contribution < 1.29 is 4.74 Å². The van der Waals surface area contributed by atoms with Gasteiger partial charge in [-0.05, 0) is 64.7 Å². The molecule has 1 aromatic rings. The van der Waals surface area contributed by atoms with Gasteiger partial charge in [0.2, 0.25) is 0 Å². The van der Waals surface area contributed by atoms with Gasteiger partial charge in [-0.2, -0.15) is 5.26 Å². The van der Waals surface area contributed by atoms with Crippen molar-refractivity contribution in [3.63, 3.8) is 0 Å². The molecule has 1 aliphatic carbocycles. The second kappa shape index (κ2) is 5.54. The number of ether oxygens (including phenoxy) is 1. The van der Waals surface area contributed by atoms with Crippen LogP contribution in [0.5, 0.6) is 5.75 Å². The van der Waals surface area contributed by atoms with E-state index in [1.807, 2.05) is 12.1 Å². The smallest absolute Gasteiger partial charge is 0.133 e. The minimum absolute atomic E-state index is 0.267. The standard InChI is InChI=1S/C16H20BrNO/c1-11-6-13(9-16(2,3)8-11)19-15-5-4-12(10-18)7-14(15)17/h4-5,7,11,13H,6,8-9H2,1-3H3. The fourth-order valence-corrected chi connectivity index (χ4v) is 3.67. The van der Waals surface area contributed by atoms with E-state index in [2.05, 4.69) is 42.8 Å². The van der Waals surface area contributed by atoms with E-state index in [9.17, 15) is 0 Å². The third-order valence-electron chi connectivity index (χ3n) is 3.70. The van der Waals surface area contributed by atoms with Gasteiger partial charge in [0.15, 0.2) is 0 Å². The van der Waals surface area contributed by atoms with Crippen LogP contribution in [0.15, 0.2) is 22.7 Å². The molecule has 1 saturated carbocycles. The first-order chi connectivity index (χ1) is 8.89. The predicted octanol–water partition coefficient (Wildman–Crippen LogP) is 4.91. The highest BCUT2D eigenvalue weighted by molar-refractivity contribution is 9.10. The fraction of sp³-hybridized carbons (Fsp3) is 0.562. The number of nitriles is 1. The van der Waals surface area contributed by atoms with Crippen molar-refractivity contribution in [3.8, 4) is 11.8 Å². The molecular formula is C16H20BrNO. The molecule has 19 heavy (non-hydrogen) atoms. The van der Waals surface area contributed by atoms with Crippen molar-refractivity contribution in [3.05, 3.63) is 28.2 Å². The van der Waals surface area contributed by atoms with E-state index in [-0.39, 0.29) is 6.10 Å². The first-order valence-electron chi connectivity index (χ1n) is 6.76. The molecule has 0 radical (unpaired) electrons. The van der Waals surface area contributed by atoms with Gasteiger partial charge < -0.3 is 4.74 Å². The van der Waals surface area contributed by atoms with Crippen LogP contribution in [0.25, 0.3) is 0 Å². The molecule has 1 aromatic carbocycles. The Kier molecular flexibility index (Phi) is 4.20. The van der Waals surface area contributed by atoms with Gasteiger partial charge in [0.25, 0.3) is 0 Å². The molecule has 0 amide bonds. The Morgan fingerprint density at radius 3 is 2.68 bits per heavy atom. The van der Waals surface area contributed by atoms with Gasteiger partial charge in [-0.15, -0.1) is 0 Å². The van der Waals surface area contributed by atoms with Crippen molar-refractivity contribution in [1.82, 2.24) is 0 Å². The number of benzene rings is 1. The molecule has 0 saturated heterocycles. The maximum Gasteiger partial charge on any atom is 0.133 e. The average molecular weight is 322 g/mol. The maximum absolute atomic E-state index is 8.87. The molecule has 3 heteroatoms. The van der Waals surface area contributed by atoms with Gasteiger partial charge in [-0.25, -0.2) is 0 Å². The van der Waals surface area contributed by atoms with E-state index < -0.39 is 0 Å². The molecule has 0 aromatic heterocycles. The van der Waals surface area contributed by atoms with Crippen molar-refractivity contribution >= 4 is 15.9 Å². The Hall–Kier alpha value is -1.01. The number of rotatable bonds is 2. The molecule has 2 rings (SSSR count). The summed E-state index contributed by atoms with van der Waals surface area (Å²) in [5.74, 6) is 1.54. The highest BCUT2D eigenvalue weighted by Crippen LogP contribution is 2.40. The minimum atomic E-state index is 0.267. The van der Waals surface area contributed by atoms with E-state index in [1.165, 1.54) is 6.42 Å². The molecule has 2 atom stereocenters. The SMILES string of the molecule is CC1CC(Oc2ccc(C#N)cc2Br)CC(C)(C)C1. The zero-order valence-electron chi connectivity index (χ0n) is 11.7. The summed E-state index contributed by atoms with van der Waals surface area (Å²) >= 11 is 3.48. The van der Waals surface area contributed by atoms with Crippen LogP contribution in [-0.2, 0) is 0 Å². The monoisotopic (exact) mass is 321 g/mol. The lowest BCUT2D eigenvalue weighted by atomic mass is 9.71. The van der Waals surface area contributed by atoms with Crippen LogP contribution in [0.2, 0.25) is 0 Å². The van der Waals surface area contributed by atoms with Crippen molar-refractivity contribution in [1.29, 1.82) is 5.26 Å². The Labute approximate surface area is 123 Å². The Morgan fingerprint density at radius 2 is 2.11 bits per heavy atom. The summed E-state index contributed by atoms with van der Waals surface area (Å²) in [6, 6.07) is 7.63. The highest BCUT2D eigenvalue weighted by Gasteiger charge is 2.33. The number of hydrogen-bond donors (Lipinski definition) is 0. The van der Waals surface area contributed by atoms with Crippen LogP contribution in [0.1, 0.15) is 45.6 Å². The molecule has 0 spiro atoms. The quantitative estimate of drug-likeness (QED) is 0.775. The summed E-state index contributed by atoms with van der Waals surface area (Å²) in [5.41, 5.74) is 0.998. The summed E-state index contributed by atoms with van der Waals surface area (Å²) in [6.45, 7) is 6.92. The van der Waals surface area contributed by atoms with Crippen molar-refractivity contribution in [2.45, 2.75) is 46.1 Å². The van der Waals surface area contributed by atoms with Crippen LogP contribution >= 0.6 is 15.9 Å². The molecule has 102 valence electrons. The van der Waals surface area contributed by atoms with Gasteiger partial charge in [0.1, 0.15) is 5.75 Å². The molecule has 0 heterocycles. The number of halogens is 1. The van der Waals surface area contributed by atoms with E-state index in [1.54, 1.807) is 6.07 Å². The van der Waals surface area contributed by atoms with Crippen molar-refractivity contribution in [2.75, 3.05) is 0 Å². The minimum Gasteiger partial charge on any atom is -0.489 e. The van der Waals surface area contributed by atoms with E-state index in [0.29, 0.717) is 16.9 Å². The van der Waals surface area contributed by atoms with E-state index in [0.717, 1.165) is 23.1 Å². The van der Waals surface area contributed by atoms with Gasteiger partial charge in [0.05, 0.1) is 22.2 Å². The fourth-order valence-electron chi connectivity index (χ4n) is 3.19. The largest absolute Gasteiger partial charge is 0.489 e. The van der Waals surface area contributed by atoms with E-state index in [4.69, 9.17) is 10.00 Å². The van der Waals surface area contributed by atoms with Gasteiger partial charge >= 0.3 is 0 Å². The third kappa shape index (κ3) is 3.73. The Balaban J connectivity index is 2.11. The predicted molar refractivity (Wildman–Crippen MR) is 80.1 cm³/mol. The number of nitrogens with zero attached hydrogens (tertiary/aromatic N) is 1. The molecule has 1 fully saturated rings. The third-order valence-corrected chi connectivity index (χ3v) is 4.32. The van der Waals surface area contributed by atoms with Gasteiger partial charge in [-0.3, -0.25) is 0 Å². The van der Waals surface area contributed by atoms with Crippen LogP contribution in [0.4, 0.5) is 0 Å². The molecular weight excluding hydrogens is 302 g/mol. The Bertz CT molecular complexity index is 504. The van der Waals surface area contributed by atoms with Gasteiger partial charge in [-0.1, -0.05) is 20.8 Å². The molecule has 0 bridgehead atoms. The zero-order chi connectivity index (χ0) is 14.0. The topological polar surface area (TPSA) is 33.0 Å².